The van der Waals surface area contributed by atoms with Crippen molar-refractivity contribution in [2.75, 3.05) is 5.32 Å². The summed E-state index contributed by atoms with van der Waals surface area (Å²) in [7, 11) is 0. The van der Waals surface area contributed by atoms with Crippen LogP contribution in [0.25, 0.3) is 0 Å². The summed E-state index contributed by atoms with van der Waals surface area (Å²) in [5, 5.41) is 16.7. The highest BCUT2D eigenvalue weighted by molar-refractivity contribution is 9.10. The first-order valence-electron chi connectivity index (χ1n) is 10.8. The van der Waals surface area contributed by atoms with Crippen molar-refractivity contribution in [1.29, 1.82) is 5.26 Å². The van der Waals surface area contributed by atoms with Crippen LogP contribution in [-0.2, 0) is 22.4 Å². The summed E-state index contributed by atoms with van der Waals surface area (Å²) in [6.45, 7) is 0. The molecular weight excluding hydrogens is 568 g/mol. The van der Waals surface area contributed by atoms with Gasteiger partial charge in [0.25, 0.3) is 0 Å². The van der Waals surface area contributed by atoms with Gasteiger partial charge in [-0.25, -0.2) is 10.2 Å². The summed E-state index contributed by atoms with van der Waals surface area (Å²) in [5.74, 6) is -2.34. The van der Waals surface area contributed by atoms with Crippen molar-refractivity contribution in [3.05, 3.63) is 79.1 Å². The Labute approximate surface area is 224 Å². The summed E-state index contributed by atoms with van der Waals surface area (Å²) in [6.07, 6.45) is 4.93. The third-order valence-electron chi connectivity index (χ3n) is 5.34. The van der Waals surface area contributed by atoms with Gasteiger partial charge in [-0.05, 0) is 73.7 Å². The van der Waals surface area contributed by atoms with Crippen LogP contribution >= 0.6 is 38.9 Å². The minimum Gasteiger partial charge on any atom is -0.422 e. The number of carbonyl (C=O) groups excluding carboxylic acids is 3. The highest BCUT2D eigenvalue weighted by atomic mass is 79.9. The molecule has 0 atom stereocenters. The SMILES string of the molecule is N#Cc1c(NC(=O)C(=O)NN=Cc2cc(Br)ccc2OC(=O)c2ccc(Cl)cc2)sc2c1CCCC2. The molecule has 0 spiro atoms. The molecule has 11 heteroatoms. The molecule has 182 valence electrons. The third kappa shape index (κ3) is 5.99. The van der Waals surface area contributed by atoms with Crippen LogP contribution in [0, 0.1) is 11.3 Å². The molecule has 4 rings (SSSR count). The Kier molecular flexibility index (Phi) is 8.15. The molecular formula is C25H18BrClN4O4S. The number of carbonyl (C=O) groups is 3. The van der Waals surface area contributed by atoms with Crippen molar-refractivity contribution >= 4 is 67.9 Å². The van der Waals surface area contributed by atoms with E-state index < -0.39 is 17.8 Å². The van der Waals surface area contributed by atoms with Crippen LogP contribution in [0.5, 0.6) is 5.75 Å². The first-order valence-corrected chi connectivity index (χ1v) is 12.8. The zero-order valence-corrected chi connectivity index (χ0v) is 21.8. The number of aryl methyl sites for hydroxylation is 1. The van der Waals surface area contributed by atoms with E-state index in [4.69, 9.17) is 16.3 Å². The molecule has 0 saturated heterocycles. The average Bonchev–Trinajstić information content (AvgIpc) is 3.22. The molecule has 2 N–H and O–H groups in total. The van der Waals surface area contributed by atoms with E-state index in [2.05, 4.69) is 37.8 Å². The number of thiophene rings is 1. The molecule has 0 aliphatic heterocycles. The van der Waals surface area contributed by atoms with Gasteiger partial charge < -0.3 is 10.1 Å². The van der Waals surface area contributed by atoms with E-state index in [0.717, 1.165) is 36.1 Å². The molecule has 0 radical (unpaired) electrons. The number of hydrazone groups is 1. The second-order valence-corrected chi connectivity index (χ2v) is 10.2. The van der Waals surface area contributed by atoms with Gasteiger partial charge in [0.05, 0.1) is 17.3 Å². The van der Waals surface area contributed by atoms with Crippen LogP contribution in [0.3, 0.4) is 0 Å². The fourth-order valence-electron chi connectivity index (χ4n) is 3.60. The molecule has 0 fully saturated rings. The number of nitriles is 1. The lowest BCUT2D eigenvalue weighted by molar-refractivity contribution is -0.136. The molecule has 8 nitrogen and oxygen atoms in total. The van der Waals surface area contributed by atoms with Crippen LogP contribution in [0.4, 0.5) is 5.00 Å². The molecule has 2 aromatic carbocycles. The Morgan fingerprint density at radius 2 is 1.86 bits per heavy atom. The van der Waals surface area contributed by atoms with Crippen LogP contribution in [0.2, 0.25) is 5.02 Å². The maximum atomic E-state index is 12.5. The second kappa shape index (κ2) is 11.5. The predicted octanol–water partition coefficient (Wildman–Crippen LogP) is 5.22. The smallest absolute Gasteiger partial charge is 0.343 e. The first-order chi connectivity index (χ1) is 17.4. The fraction of sp³-hybridized carbons (Fsp3) is 0.160. The summed E-state index contributed by atoms with van der Waals surface area (Å²) in [4.78, 5) is 38.2. The van der Waals surface area contributed by atoms with Crippen LogP contribution in [0.1, 0.15) is 44.8 Å². The summed E-state index contributed by atoms with van der Waals surface area (Å²) in [6, 6.07) is 13.3. The molecule has 36 heavy (non-hydrogen) atoms. The van der Waals surface area contributed by atoms with Crippen LogP contribution in [0.15, 0.2) is 52.0 Å². The van der Waals surface area contributed by atoms with Crippen molar-refractivity contribution in [3.63, 3.8) is 0 Å². The third-order valence-corrected chi connectivity index (χ3v) is 7.29. The Morgan fingerprint density at radius 3 is 2.61 bits per heavy atom. The number of benzene rings is 2. The van der Waals surface area contributed by atoms with E-state index in [1.54, 1.807) is 30.3 Å². The number of ether oxygens (including phenoxy) is 1. The molecule has 1 aliphatic rings. The highest BCUT2D eigenvalue weighted by Gasteiger charge is 2.23. The summed E-state index contributed by atoms with van der Waals surface area (Å²) >= 11 is 10.5. The van der Waals surface area contributed by atoms with Gasteiger partial charge in [0.2, 0.25) is 0 Å². The van der Waals surface area contributed by atoms with E-state index in [0.29, 0.717) is 31.2 Å². The highest BCUT2D eigenvalue weighted by Crippen LogP contribution is 2.37. The lowest BCUT2D eigenvalue weighted by atomic mass is 9.96. The number of hydrogen-bond acceptors (Lipinski definition) is 7. The predicted molar refractivity (Wildman–Crippen MR) is 141 cm³/mol. The van der Waals surface area contributed by atoms with Crippen LogP contribution in [-0.4, -0.2) is 24.0 Å². The number of esters is 1. The number of halogens is 2. The van der Waals surface area contributed by atoms with E-state index in [9.17, 15) is 19.6 Å². The maximum Gasteiger partial charge on any atom is 0.343 e. The van der Waals surface area contributed by atoms with Crippen molar-refractivity contribution in [2.24, 2.45) is 5.10 Å². The van der Waals surface area contributed by atoms with E-state index in [-0.39, 0.29) is 5.75 Å². The number of nitrogens with one attached hydrogen (secondary N) is 2. The number of amides is 2. The van der Waals surface area contributed by atoms with Crippen molar-refractivity contribution < 1.29 is 19.1 Å². The monoisotopic (exact) mass is 584 g/mol. The van der Waals surface area contributed by atoms with Crippen molar-refractivity contribution in [1.82, 2.24) is 5.43 Å². The Bertz CT molecular complexity index is 1410. The van der Waals surface area contributed by atoms with Gasteiger partial charge in [0.1, 0.15) is 16.8 Å². The lowest BCUT2D eigenvalue weighted by Gasteiger charge is -2.09. The van der Waals surface area contributed by atoms with Crippen LogP contribution < -0.4 is 15.5 Å². The molecule has 2 amide bonds. The normalized spacial score (nSPS) is 12.5. The lowest BCUT2D eigenvalue weighted by Crippen LogP contribution is -2.32. The van der Waals surface area contributed by atoms with Crippen molar-refractivity contribution in [3.8, 4) is 11.8 Å². The minimum absolute atomic E-state index is 0.198. The number of hydrogen-bond donors (Lipinski definition) is 2. The molecule has 1 heterocycles. The van der Waals surface area contributed by atoms with Crippen molar-refractivity contribution in [2.45, 2.75) is 25.7 Å². The van der Waals surface area contributed by atoms with Gasteiger partial charge in [0.15, 0.2) is 0 Å². The molecule has 1 aromatic heterocycles. The largest absolute Gasteiger partial charge is 0.422 e. The molecule has 1 aliphatic carbocycles. The topological polar surface area (TPSA) is 121 Å². The molecule has 0 saturated carbocycles. The molecule has 3 aromatic rings. The maximum absolute atomic E-state index is 12.5. The molecule has 0 unspecified atom stereocenters. The number of fused-ring (bicyclic) bond motifs is 1. The number of rotatable bonds is 5. The Morgan fingerprint density at radius 1 is 1.11 bits per heavy atom. The fourth-order valence-corrected chi connectivity index (χ4v) is 5.34. The standard InChI is InChI=1S/C25H18BrClN4O4S/c26-16-7-10-20(35-25(34)14-5-8-17(27)9-6-14)15(11-16)13-29-31-23(33)22(32)30-24-19(12-28)18-3-1-2-4-21(18)36-24/h5-11,13H,1-4H2,(H,30,32)(H,31,33). The van der Waals surface area contributed by atoms with Gasteiger partial charge in [-0.15, -0.1) is 11.3 Å². The second-order valence-electron chi connectivity index (χ2n) is 7.76. The van der Waals surface area contributed by atoms with E-state index in [1.807, 2.05) is 0 Å². The van der Waals surface area contributed by atoms with Gasteiger partial charge in [-0.3, -0.25) is 9.59 Å². The Hall–Kier alpha value is -3.52. The minimum atomic E-state index is -1.00. The number of nitrogens with zero attached hydrogens (tertiary/aromatic N) is 2. The first kappa shape index (κ1) is 25.6. The zero-order valence-electron chi connectivity index (χ0n) is 18.6. The summed E-state index contributed by atoms with van der Waals surface area (Å²) < 4.78 is 6.15. The molecule has 0 bridgehead atoms. The van der Waals surface area contributed by atoms with Gasteiger partial charge >= 0.3 is 17.8 Å². The average molecular weight is 586 g/mol. The van der Waals surface area contributed by atoms with Gasteiger partial charge in [-0.2, -0.15) is 10.4 Å². The number of anilines is 1. The summed E-state index contributed by atoms with van der Waals surface area (Å²) in [5.41, 5.74) is 4.22. The quantitative estimate of drug-likeness (QED) is 0.140. The van der Waals surface area contributed by atoms with E-state index >= 15 is 0 Å². The van der Waals surface area contributed by atoms with E-state index in [1.165, 1.54) is 29.7 Å². The van der Waals surface area contributed by atoms with Gasteiger partial charge in [-0.1, -0.05) is 27.5 Å². The zero-order chi connectivity index (χ0) is 25.7. The van der Waals surface area contributed by atoms with Gasteiger partial charge in [0, 0.05) is 19.9 Å². The Balaban J connectivity index is 1.42.